The van der Waals surface area contributed by atoms with Gasteiger partial charge in [-0.05, 0) is 19.9 Å². The topological polar surface area (TPSA) is 145 Å². The van der Waals surface area contributed by atoms with Gasteiger partial charge in [-0.15, -0.1) is 0 Å². The largest absolute Gasteiger partial charge is 0.481 e. The molecule has 4 aromatic heterocycles. The summed E-state index contributed by atoms with van der Waals surface area (Å²) in [6.07, 6.45) is 3.86. The van der Waals surface area contributed by atoms with Crippen LogP contribution in [0.15, 0.2) is 24.7 Å². The van der Waals surface area contributed by atoms with E-state index in [1.807, 2.05) is 0 Å². The molecule has 10 nitrogen and oxygen atoms in total. The Hall–Kier alpha value is -3.96. The third-order valence-electron chi connectivity index (χ3n) is 4.73. The molecule has 4 aromatic rings. The monoisotopic (exact) mass is 414 g/mol. The number of aromatic amines is 2. The Morgan fingerprint density at radius 1 is 1.23 bits per heavy atom. The molecule has 0 spiro atoms. The van der Waals surface area contributed by atoms with Gasteiger partial charge in [-0.3, -0.25) is 15.0 Å². The number of hydrogen-bond acceptors (Lipinski definition) is 7. The van der Waals surface area contributed by atoms with Crippen LogP contribution in [0.3, 0.4) is 0 Å². The maximum absolute atomic E-state index is 15.2. The Morgan fingerprint density at radius 3 is 2.73 bits per heavy atom. The molecule has 0 radical (unpaired) electrons. The highest BCUT2D eigenvalue weighted by Gasteiger charge is 2.25. The summed E-state index contributed by atoms with van der Waals surface area (Å²) in [4.78, 5) is 23.6. The van der Waals surface area contributed by atoms with E-state index in [0.29, 0.717) is 10.9 Å². The number of fused-ring (bicyclic) bond motifs is 1. The smallest absolute Gasteiger partial charge is 0.308 e. The van der Waals surface area contributed by atoms with Gasteiger partial charge in [0.15, 0.2) is 23.1 Å². The number of carbonyl (C=O) groups is 1. The Bertz CT molecular complexity index is 1220. The van der Waals surface area contributed by atoms with Crippen LogP contribution in [0.5, 0.6) is 0 Å². The quantitative estimate of drug-likeness (QED) is 0.377. The van der Waals surface area contributed by atoms with Gasteiger partial charge in [0.05, 0.1) is 23.7 Å². The molecule has 154 valence electrons. The van der Waals surface area contributed by atoms with Gasteiger partial charge in [-0.2, -0.15) is 10.2 Å². The summed E-state index contributed by atoms with van der Waals surface area (Å²) < 4.78 is 28.9. The van der Waals surface area contributed by atoms with Crippen molar-refractivity contribution in [3.05, 3.63) is 36.3 Å². The van der Waals surface area contributed by atoms with E-state index in [9.17, 15) is 14.3 Å². The van der Waals surface area contributed by atoms with Crippen molar-refractivity contribution in [2.45, 2.75) is 19.9 Å². The van der Waals surface area contributed by atoms with Crippen molar-refractivity contribution in [2.75, 3.05) is 5.32 Å². The van der Waals surface area contributed by atoms with E-state index in [1.165, 1.54) is 25.4 Å². The molecule has 0 saturated carbocycles. The van der Waals surface area contributed by atoms with E-state index in [0.717, 1.165) is 6.20 Å². The number of aromatic nitrogens is 7. The Balaban J connectivity index is 1.87. The SMILES string of the molecule is C[C@H](Nc1nc(-c2[nH]nc3ncc(F)cc23)nc(-c2cn[nH]c2)c1F)[C@H](C)C(=O)O. The van der Waals surface area contributed by atoms with Crippen LogP contribution < -0.4 is 5.32 Å². The van der Waals surface area contributed by atoms with Gasteiger partial charge in [0, 0.05) is 17.8 Å². The first-order valence-corrected chi connectivity index (χ1v) is 8.91. The molecular weight excluding hydrogens is 398 g/mol. The van der Waals surface area contributed by atoms with Crippen molar-refractivity contribution in [1.29, 1.82) is 0 Å². The highest BCUT2D eigenvalue weighted by molar-refractivity contribution is 5.89. The van der Waals surface area contributed by atoms with E-state index >= 15 is 4.39 Å². The summed E-state index contributed by atoms with van der Waals surface area (Å²) >= 11 is 0. The first kappa shape index (κ1) is 19.4. The predicted octanol–water partition coefficient (Wildman–Crippen LogP) is 2.60. The van der Waals surface area contributed by atoms with E-state index in [1.54, 1.807) is 6.92 Å². The summed E-state index contributed by atoms with van der Waals surface area (Å²) in [6, 6.07) is 0.572. The molecule has 0 bridgehead atoms. The lowest BCUT2D eigenvalue weighted by Crippen LogP contribution is -2.30. The van der Waals surface area contributed by atoms with Gasteiger partial charge < -0.3 is 10.4 Å². The zero-order valence-corrected chi connectivity index (χ0v) is 15.8. The van der Waals surface area contributed by atoms with Crippen LogP contribution in [0.2, 0.25) is 0 Å². The average molecular weight is 414 g/mol. The van der Waals surface area contributed by atoms with Gasteiger partial charge >= 0.3 is 5.97 Å². The zero-order chi connectivity index (χ0) is 21.4. The molecule has 0 amide bonds. The van der Waals surface area contributed by atoms with Crippen LogP contribution in [0.4, 0.5) is 14.6 Å². The van der Waals surface area contributed by atoms with Crippen LogP contribution >= 0.6 is 0 Å². The zero-order valence-electron chi connectivity index (χ0n) is 15.8. The maximum atomic E-state index is 15.2. The number of carboxylic acids is 1. The first-order chi connectivity index (χ1) is 14.3. The lowest BCUT2D eigenvalue weighted by molar-refractivity contribution is -0.141. The van der Waals surface area contributed by atoms with E-state index < -0.39 is 29.6 Å². The Morgan fingerprint density at radius 2 is 2.03 bits per heavy atom. The number of rotatable bonds is 6. The van der Waals surface area contributed by atoms with Gasteiger partial charge in [-0.1, -0.05) is 0 Å². The maximum Gasteiger partial charge on any atom is 0.308 e. The van der Waals surface area contributed by atoms with Crippen LogP contribution in [-0.4, -0.2) is 52.5 Å². The highest BCUT2D eigenvalue weighted by Crippen LogP contribution is 2.30. The molecule has 4 N–H and O–H groups in total. The van der Waals surface area contributed by atoms with Crippen LogP contribution in [0, 0.1) is 17.6 Å². The molecule has 0 aliphatic heterocycles. The first-order valence-electron chi connectivity index (χ1n) is 8.91. The lowest BCUT2D eigenvalue weighted by atomic mass is 10.0. The summed E-state index contributed by atoms with van der Waals surface area (Å²) in [5.74, 6) is -3.39. The molecule has 0 unspecified atom stereocenters. The van der Waals surface area contributed by atoms with Crippen LogP contribution in [-0.2, 0) is 4.79 Å². The number of aliphatic carboxylic acids is 1. The van der Waals surface area contributed by atoms with E-state index in [-0.39, 0.29) is 28.7 Å². The number of carboxylic acid groups (broad SMARTS) is 1. The third kappa shape index (κ3) is 3.43. The van der Waals surface area contributed by atoms with Crippen LogP contribution in [0.25, 0.3) is 33.8 Å². The van der Waals surface area contributed by atoms with Gasteiger partial charge in [0.1, 0.15) is 17.2 Å². The van der Waals surface area contributed by atoms with Crippen molar-refractivity contribution in [1.82, 2.24) is 35.3 Å². The number of nitrogens with one attached hydrogen (secondary N) is 3. The number of halogens is 2. The van der Waals surface area contributed by atoms with Crippen molar-refractivity contribution in [2.24, 2.45) is 5.92 Å². The number of H-pyrrole nitrogens is 2. The normalized spacial score (nSPS) is 13.3. The average Bonchev–Trinajstić information content (AvgIpc) is 3.38. The van der Waals surface area contributed by atoms with Gasteiger partial charge in [-0.25, -0.2) is 23.7 Å². The molecule has 0 saturated heterocycles. The van der Waals surface area contributed by atoms with Crippen LogP contribution in [0.1, 0.15) is 13.8 Å². The number of pyridine rings is 1. The number of anilines is 1. The molecule has 12 heteroatoms. The summed E-state index contributed by atoms with van der Waals surface area (Å²) in [7, 11) is 0. The van der Waals surface area contributed by atoms with Crippen molar-refractivity contribution >= 4 is 22.8 Å². The highest BCUT2D eigenvalue weighted by atomic mass is 19.1. The second kappa shape index (κ2) is 7.46. The number of hydrogen-bond donors (Lipinski definition) is 4. The fourth-order valence-corrected chi connectivity index (χ4v) is 2.83. The molecule has 0 aliphatic rings. The second-order valence-corrected chi connectivity index (χ2v) is 6.73. The summed E-state index contributed by atoms with van der Waals surface area (Å²) in [6.45, 7) is 3.09. The minimum atomic E-state index is -1.04. The number of nitrogens with zero attached hydrogens (tertiary/aromatic N) is 5. The molecule has 30 heavy (non-hydrogen) atoms. The third-order valence-corrected chi connectivity index (χ3v) is 4.73. The molecular formula is C18H16F2N8O2. The van der Waals surface area contributed by atoms with Crippen molar-refractivity contribution in [3.63, 3.8) is 0 Å². The molecule has 2 atom stereocenters. The minimum absolute atomic E-state index is 0.0279. The molecule has 0 aromatic carbocycles. The molecule has 0 aliphatic carbocycles. The van der Waals surface area contributed by atoms with Gasteiger partial charge in [0.25, 0.3) is 0 Å². The summed E-state index contributed by atoms with van der Waals surface area (Å²) in [5.41, 5.74) is 0.764. The summed E-state index contributed by atoms with van der Waals surface area (Å²) in [5, 5.41) is 25.4. The van der Waals surface area contributed by atoms with Crippen molar-refractivity contribution < 1.29 is 18.7 Å². The van der Waals surface area contributed by atoms with Crippen molar-refractivity contribution in [3.8, 4) is 22.8 Å². The van der Waals surface area contributed by atoms with E-state index in [4.69, 9.17) is 0 Å². The Kier molecular flexibility index (Phi) is 4.82. The molecule has 0 fully saturated rings. The van der Waals surface area contributed by atoms with E-state index in [2.05, 4.69) is 40.7 Å². The molecule has 4 heterocycles. The minimum Gasteiger partial charge on any atom is -0.481 e. The lowest BCUT2D eigenvalue weighted by Gasteiger charge is -2.19. The standard InChI is InChI=1S/C18H16F2N8O2/c1-7(18(29)30)8(2)24-16-12(20)13(9-4-22-23-5-9)25-17(26-16)14-11-3-10(19)6-21-15(11)28-27-14/h3-8H,1-2H3,(H,22,23)(H,29,30)(H,21,27,28)(H,24,25,26)/t7-,8-/m0/s1. The fraction of sp³-hybridized carbons (Fsp3) is 0.222. The van der Waals surface area contributed by atoms with Gasteiger partial charge in [0.2, 0.25) is 0 Å². The Labute approximate surface area is 167 Å². The molecule has 4 rings (SSSR count). The fourth-order valence-electron chi connectivity index (χ4n) is 2.83. The second-order valence-electron chi connectivity index (χ2n) is 6.73. The predicted molar refractivity (Wildman–Crippen MR) is 102 cm³/mol.